The second-order valence-corrected chi connectivity index (χ2v) is 1.17. The van der Waals surface area contributed by atoms with Gasteiger partial charge in [-0.2, -0.15) is 0 Å². The molecule has 0 aromatic rings. The van der Waals surface area contributed by atoms with Gasteiger partial charge in [0.25, 0.3) is 5.90 Å². The van der Waals surface area contributed by atoms with E-state index in [1.54, 1.807) is 5.32 Å². The van der Waals surface area contributed by atoms with Crippen LogP contribution in [-0.4, -0.2) is 17.9 Å². The first-order valence-electron chi connectivity index (χ1n) is 1.82. The van der Waals surface area contributed by atoms with Crippen molar-refractivity contribution in [1.29, 1.82) is 5.41 Å². The largest absolute Gasteiger partial charge is 0.421 e. The van der Waals surface area contributed by atoms with E-state index in [9.17, 15) is 9.59 Å². The van der Waals surface area contributed by atoms with Crippen LogP contribution in [0.1, 0.15) is 0 Å². The van der Waals surface area contributed by atoms with Gasteiger partial charge in [-0.1, -0.05) is 0 Å². The molecular formula is C3H2N2O3. The number of cyclic esters (lactones) is 1. The molecule has 1 aliphatic rings. The molecule has 42 valence electrons. The van der Waals surface area contributed by atoms with Crippen LogP contribution in [0.15, 0.2) is 0 Å². The summed E-state index contributed by atoms with van der Waals surface area (Å²) in [6.45, 7) is 0. The number of alkyl carbamates (subject to hydrolysis) is 1. The molecule has 0 spiro atoms. The molecule has 5 nitrogen and oxygen atoms in total. The Balaban J connectivity index is 2.79. The van der Waals surface area contributed by atoms with E-state index in [2.05, 4.69) is 4.74 Å². The van der Waals surface area contributed by atoms with E-state index in [0.29, 0.717) is 0 Å². The smallest absolute Gasteiger partial charge is 0.385 e. The Morgan fingerprint density at radius 2 is 2.12 bits per heavy atom. The lowest BCUT2D eigenvalue weighted by Crippen LogP contribution is -2.20. The molecule has 5 heteroatoms. The number of hydrogen-bond donors (Lipinski definition) is 2. The van der Waals surface area contributed by atoms with Gasteiger partial charge in [0.2, 0.25) is 0 Å². The first-order valence-corrected chi connectivity index (χ1v) is 1.82. The minimum Gasteiger partial charge on any atom is -0.385 e. The maximum Gasteiger partial charge on any atom is 0.421 e. The van der Waals surface area contributed by atoms with Crippen LogP contribution in [0, 0.1) is 5.41 Å². The Morgan fingerprint density at radius 3 is 2.25 bits per heavy atom. The molecule has 0 unspecified atom stereocenters. The SMILES string of the molecule is N=C1OC(=O)NC1=O. The summed E-state index contributed by atoms with van der Waals surface area (Å²) in [6.07, 6.45) is -0.875. The van der Waals surface area contributed by atoms with E-state index < -0.39 is 17.9 Å². The number of hydrogen-bond acceptors (Lipinski definition) is 4. The summed E-state index contributed by atoms with van der Waals surface area (Å²) < 4.78 is 3.96. The summed E-state index contributed by atoms with van der Waals surface area (Å²) in [5.74, 6) is -1.43. The van der Waals surface area contributed by atoms with Crippen molar-refractivity contribution < 1.29 is 14.3 Å². The van der Waals surface area contributed by atoms with Gasteiger partial charge in [0, 0.05) is 0 Å². The standard InChI is InChI=1S/C3H2N2O3/c4-1-2(6)5-3(7)8-1/h4H,(H,5,6,7). The van der Waals surface area contributed by atoms with E-state index in [-0.39, 0.29) is 0 Å². The fourth-order valence-corrected chi connectivity index (χ4v) is 0.314. The Kier molecular flexibility index (Phi) is 0.768. The van der Waals surface area contributed by atoms with Crippen LogP contribution in [0.4, 0.5) is 4.79 Å². The van der Waals surface area contributed by atoms with Crippen LogP contribution in [0.2, 0.25) is 0 Å². The maximum absolute atomic E-state index is 10.1. The molecule has 0 aromatic heterocycles. The van der Waals surface area contributed by atoms with E-state index in [1.807, 2.05) is 0 Å². The van der Waals surface area contributed by atoms with E-state index in [0.717, 1.165) is 0 Å². The average Bonchev–Trinajstić information content (AvgIpc) is 1.85. The number of carbonyl (C=O) groups excluding carboxylic acids is 2. The van der Waals surface area contributed by atoms with Crippen LogP contribution < -0.4 is 5.32 Å². The topological polar surface area (TPSA) is 79.2 Å². The lowest BCUT2D eigenvalue weighted by Gasteiger charge is -1.78. The summed E-state index contributed by atoms with van der Waals surface area (Å²) in [4.78, 5) is 20.1. The highest BCUT2D eigenvalue weighted by Crippen LogP contribution is 1.89. The Labute approximate surface area is 44.1 Å². The Morgan fingerprint density at radius 1 is 1.50 bits per heavy atom. The summed E-state index contributed by atoms with van der Waals surface area (Å²) in [5.41, 5.74) is 0. The molecule has 0 saturated carbocycles. The summed E-state index contributed by atoms with van der Waals surface area (Å²) in [6, 6.07) is 0. The molecular weight excluding hydrogens is 112 g/mol. The first kappa shape index (κ1) is 4.76. The lowest BCUT2D eigenvalue weighted by molar-refractivity contribution is -0.113. The van der Waals surface area contributed by atoms with E-state index in [1.165, 1.54) is 0 Å². The van der Waals surface area contributed by atoms with Gasteiger partial charge >= 0.3 is 12.0 Å². The monoisotopic (exact) mass is 114 g/mol. The van der Waals surface area contributed by atoms with Gasteiger partial charge < -0.3 is 4.74 Å². The van der Waals surface area contributed by atoms with Crippen molar-refractivity contribution in [3.05, 3.63) is 0 Å². The third-order valence-corrected chi connectivity index (χ3v) is 0.617. The summed E-state index contributed by atoms with van der Waals surface area (Å²) >= 11 is 0. The second kappa shape index (κ2) is 1.29. The summed E-state index contributed by atoms with van der Waals surface area (Å²) in [5, 5.41) is 8.27. The number of nitrogens with one attached hydrogen (secondary N) is 2. The number of imide groups is 1. The fraction of sp³-hybridized carbons (Fsp3) is 0. The zero-order chi connectivity index (χ0) is 6.15. The Bertz CT molecular complexity index is 155. The average molecular weight is 114 g/mol. The van der Waals surface area contributed by atoms with Crippen LogP contribution in [0.25, 0.3) is 0 Å². The number of ether oxygens (including phenoxy) is 1. The number of carbonyl (C=O) groups is 2. The van der Waals surface area contributed by atoms with Gasteiger partial charge in [-0.05, 0) is 0 Å². The van der Waals surface area contributed by atoms with Crippen molar-refractivity contribution in [2.24, 2.45) is 0 Å². The molecule has 0 aliphatic carbocycles. The zero-order valence-corrected chi connectivity index (χ0v) is 3.72. The highest BCUT2D eigenvalue weighted by atomic mass is 16.6. The third kappa shape index (κ3) is 0.534. The second-order valence-electron chi connectivity index (χ2n) is 1.17. The van der Waals surface area contributed by atoms with Gasteiger partial charge in [-0.3, -0.25) is 15.5 Å². The molecule has 1 aliphatic heterocycles. The van der Waals surface area contributed by atoms with Crippen molar-refractivity contribution in [3.63, 3.8) is 0 Å². The third-order valence-electron chi connectivity index (χ3n) is 0.617. The fourth-order valence-electron chi connectivity index (χ4n) is 0.314. The molecule has 0 atom stereocenters. The van der Waals surface area contributed by atoms with Crippen LogP contribution in [0.5, 0.6) is 0 Å². The predicted octanol–water partition coefficient (Wildman–Crippen LogP) is -0.770. The first-order chi connectivity index (χ1) is 3.70. The minimum absolute atomic E-state index is 0.644. The highest BCUT2D eigenvalue weighted by Gasteiger charge is 2.25. The molecule has 1 saturated heterocycles. The van der Waals surface area contributed by atoms with Crippen molar-refractivity contribution in [2.45, 2.75) is 0 Å². The van der Waals surface area contributed by atoms with Crippen molar-refractivity contribution >= 4 is 17.9 Å². The summed E-state index contributed by atoms with van der Waals surface area (Å²) in [7, 11) is 0. The van der Waals surface area contributed by atoms with Gasteiger partial charge in [-0.25, -0.2) is 4.79 Å². The van der Waals surface area contributed by atoms with Gasteiger partial charge in [0.05, 0.1) is 0 Å². The van der Waals surface area contributed by atoms with Crippen molar-refractivity contribution in [2.75, 3.05) is 0 Å². The minimum atomic E-state index is -0.875. The highest BCUT2D eigenvalue weighted by molar-refractivity contribution is 6.41. The zero-order valence-electron chi connectivity index (χ0n) is 3.72. The number of rotatable bonds is 0. The molecule has 1 fully saturated rings. The van der Waals surface area contributed by atoms with Crippen LogP contribution in [-0.2, 0) is 9.53 Å². The van der Waals surface area contributed by atoms with E-state index >= 15 is 0 Å². The molecule has 8 heavy (non-hydrogen) atoms. The molecule has 0 bridgehead atoms. The van der Waals surface area contributed by atoms with Gasteiger partial charge in [0.15, 0.2) is 0 Å². The van der Waals surface area contributed by atoms with Crippen LogP contribution in [0.3, 0.4) is 0 Å². The lowest BCUT2D eigenvalue weighted by atomic mass is 10.6. The molecule has 1 heterocycles. The van der Waals surface area contributed by atoms with Gasteiger partial charge in [0.1, 0.15) is 0 Å². The van der Waals surface area contributed by atoms with E-state index in [4.69, 9.17) is 5.41 Å². The number of amides is 2. The normalized spacial score (nSPS) is 18.2. The van der Waals surface area contributed by atoms with Crippen molar-refractivity contribution in [3.8, 4) is 0 Å². The molecule has 0 radical (unpaired) electrons. The van der Waals surface area contributed by atoms with Crippen LogP contribution >= 0.6 is 0 Å². The maximum atomic E-state index is 10.1. The Hall–Kier alpha value is -1.39. The molecule has 2 N–H and O–H groups in total. The molecule has 1 rings (SSSR count). The van der Waals surface area contributed by atoms with Crippen molar-refractivity contribution in [1.82, 2.24) is 5.32 Å². The molecule has 2 amide bonds. The van der Waals surface area contributed by atoms with Gasteiger partial charge in [-0.15, -0.1) is 0 Å². The predicted molar refractivity (Wildman–Crippen MR) is 22.4 cm³/mol. The quantitative estimate of drug-likeness (QED) is 0.434. The molecule has 0 aromatic carbocycles.